The lowest BCUT2D eigenvalue weighted by molar-refractivity contribution is 1.62. The molecule has 0 aliphatic carbocycles. The molecule has 0 heterocycles. The van der Waals surface area contributed by atoms with Crippen LogP contribution in [-0.4, -0.2) is 0 Å². The van der Waals surface area contributed by atoms with E-state index in [1.165, 1.54) is 0 Å². The average molecular weight is 632 g/mol. The summed E-state index contributed by atoms with van der Waals surface area (Å²) in [6.45, 7) is 0. The lowest BCUT2D eigenvalue weighted by Crippen LogP contribution is -1.90. The molecule has 11 aromatic rings. The van der Waals surface area contributed by atoms with Gasteiger partial charge in [-0.15, -0.1) is 0 Å². The van der Waals surface area contributed by atoms with Gasteiger partial charge in [-0.3, -0.25) is 0 Å². The predicted molar refractivity (Wildman–Crippen MR) is 208 cm³/mol. The molecule has 0 spiro atoms. The molecule has 0 aliphatic rings. The van der Waals surface area contributed by atoms with Crippen molar-refractivity contribution in [1.29, 1.82) is 0 Å². The molecule has 0 unspecified atom stereocenters. The molecule has 0 aliphatic heterocycles. The molecule has 220 valence electrons. The highest BCUT2D eigenvalue weighted by atomic mass is 14.2. The van der Waals surface area contributed by atoms with Crippen molar-refractivity contribution in [2.45, 2.75) is 0 Å². The first-order valence-corrected chi connectivity index (χ1v) is 14.6. The van der Waals surface area contributed by atoms with Crippen molar-refractivity contribution >= 4 is 75.4 Å². The molecule has 11 rings (SSSR count). The summed E-state index contributed by atoms with van der Waals surface area (Å²) in [4.78, 5) is 0. The van der Waals surface area contributed by atoms with Gasteiger partial charge in [-0.25, -0.2) is 0 Å². The first-order valence-electron chi connectivity index (χ1n) is 28.1. The fourth-order valence-corrected chi connectivity index (χ4v) is 6.39. The van der Waals surface area contributed by atoms with E-state index in [2.05, 4.69) is 0 Å². The van der Waals surface area contributed by atoms with Crippen LogP contribution in [0.25, 0.3) is 109 Å². The first-order chi connectivity index (χ1) is 35.1. The number of benzene rings is 11. The van der Waals surface area contributed by atoms with E-state index in [1.807, 2.05) is 0 Å². The minimum Gasteiger partial charge on any atom is -0.0616 e. The SMILES string of the molecule is [2H]c1cc2c([2H])c([2H])c3c([2H])c([2H])c([2H])c4c([2H])c([2H])c(c1-c1c([2H])c([2H])c(-c5c([2H])c(-c6c([2H])c([2H])c7c([2H])c([2H])c8c([2H])c([2H])c([2H])c9c([2H])c([2H])c6c7c89)c([2H])c6c([2H])c([2H])c([2H])c([2H])c56)c([2H])c1[2H])c2c34. The third-order valence-electron chi connectivity index (χ3n) is 8.51. The minimum absolute atomic E-state index is 0.144. The van der Waals surface area contributed by atoms with E-state index in [0.29, 0.717) is 0 Å². The van der Waals surface area contributed by atoms with Crippen LogP contribution >= 0.6 is 0 Å². The number of hydrogen-bond donors (Lipinski definition) is 0. The summed E-state index contributed by atoms with van der Waals surface area (Å²) in [6.07, 6.45) is 0. The Morgan fingerprint density at radius 3 is 1.42 bits per heavy atom. The van der Waals surface area contributed by atoms with Gasteiger partial charge in [0.2, 0.25) is 0 Å². The van der Waals surface area contributed by atoms with Gasteiger partial charge in [-0.1, -0.05) is 157 Å². The van der Waals surface area contributed by atoms with Crippen molar-refractivity contribution in [3.05, 3.63) is 169 Å². The van der Waals surface area contributed by atoms with Crippen LogP contribution in [0.5, 0.6) is 0 Å². The largest absolute Gasteiger partial charge is 0.0636 e. The fraction of sp³-hybridized carbons (Fsp3) is 0. The van der Waals surface area contributed by atoms with E-state index in [9.17, 15) is 15.1 Å². The Balaban J connectivity index is 1.33. The topological polar surface area (TPSA) is 0 Å². The standard InChI is InChI=1S/C48H28/c1-2-10-39-37(5-1)27-38(41-24-20-36-18-16-32-7-4-9-34-22-26-43(41)48(36)46(32)34)28-44(39)30-13-11-29(12-14-30)40-23-19-35-17-15-31-6-3-8-33-21-25-42(40)47(35)45(31)33/h1-28H/i1D,2D,3D,4D,5D,6D,7D,8D,9D,10D,11D,12D,13D,14D,15D,16D,17D,18D,20D,21D,22D,23D,24D,25D,26D,27D,28D. The summed E-state index contributed by atoms with van der Waals surface area (Å²) in [5.41, 5.74) is -4.29. The van der Waals surface area contributed by atoms with Crippen LogP contribution in [0.15, 0.2) is 169 Å². The van der Waals surface area contributed by atoms with Crippen LogP contribution in [0.1, 0.15) is 37.0 Å². The molecule has 0 saturated heterocycles. The van der Waals surface area contributed by atoms with Crippen LogP contribution in [0.4, 0.5) is 0 Å². The lowest BCUT2D eigenvalue weighted by atomic mass is 9.87. The first kappa shape index (κ1) is 11.2. The van der Waals surface area contributed by atoms with Crippen molar-refractivity contribution in [3.8, 4) is 33.4 Å². The number of hydrogen-bond acceptors (Lipinski definition) is 0. The molecule has 0 aromatic heterocycles. The zero-order valence-electron chi connectivity index (χ0n) is 51.1. The Kier molecular flexibility index (Phi) is 2.25. The van der Waals surface area contributed by atoms with Gasteiger partial charge in [0.15, 0.2) is 0 Å². The van der Waals surface area contributed by atoms with Crippen LogP contribution in [0, 0.1) is 0 Å². The van der Waals surface area contributed by atoms with Gasteiger partial charge in [-0.2, -0.15) is 0 Å². The molecule has 0 heteroatoms. The summed E-state index contributed by atoms with van der Waals surface area (Å²) >= 11 is 0. The molecule has 0 bridgehead atoms. The lowest BCUT2D eigenvalue weighted by Gasteiger charge is -2.16. The third kappa shape index (κ3) is 3.60. The summed E-state index contributed by atoms with van der Waals surface area (Å²) in [7, 11) is 0. The van der Waals surface area contributed by atoms with Crippen molar-refractivity contribution in [2.24, 2.45) is 0 Å². The summed E-state index contributed by atoms with van der Waals surface area (Å²) in [6, 6.07) is -20.8. The molecule has 0 amide bonds. The smallest absolute Gasteiger partial charge is 0.0616 e. The van der Waals surface area contributed by atoms with Crippen molar-refractivity contribution in [2.75, 3.05) is 0 Å². The highest BCUT2D eigenvalue weighted by Crippen LogP contribution is 2.43. The van der Waals surface area contributed by atoms with Crippen molar-refractivity contribution in [1.82, 2.24) is 0 Å². The maximum Gasteiger partial charge on any atom is 0.0636 e. The van der Waals surface area contributed by atoms with E-state index in [1.54, 1.807) is 0 Å². The predicted octanol–water partition coefficient (Wildman–Crippen LogP) is 13.6. The van der Waals surface area contributed by atoms with Gasteiger partial charge in [0, 0.05) is 0 Å². The van der Waals surface area contributed by atoms with Crippen LogP contribution in [-0.2, 0) is 0 Å². The summed E-state index contributed by atoms with van der Waals surface area (Å²) in [5.74, 6) is 0. The Labute approximate surface area is 315 Å². The summed E-state index contributed by atoms with van der Waals surface area (Å²) < 4.78 is 246. The zero-order valence-corrected chi connectivity index (χ0v) is 24.1. The van der Waals surface area contributed by atoms with E-state index < -0.39 is 234 Å². The van der Waals surface area contributed by atoms with E-state index >= 15 is 0 Å². The second kappa shape index (κ2) is 9.64. The Bertz CT molecular complexity index is 4520. The molecular formula is C48H28. The number of fused-ring (bicyclic) bond motifs is 1. The quantitative estimate of drug-likeness (QED) is 0.170. The maximum atomic E-state index is 9.97. The molecule has 0 N–H and O–H groups in total. The monoisotopic (exact) mass is 631 g/mol. The third-order valence-corrected chi connectivity index (χ3v) is 8.51. The summed E-state index contributed by atoms with van der Waals surface area (Å²) in [5, 5.41) is -5.33. The van der Waals surface area contributed by atoms with Gasteiger partial charge in [0.1, 0.15) is 0 Å². The molecule has 0 fully saturated rings. The average Bonchev–Trinajstić information content (AvgIpc) is 3.40. The molecule has 0 radical (unpaired) electrons. The van der Waals surface area contributed by atoms with Gasteiger partial charge < -0.3 is 0 Å². The zero-order chi connectivity index (χ0) is 54.8. The molecule has 0 saturated carbocycles. The van der Waals surface area contributed by atoms with E-state index in [-0.39, 0.29) is 37.7 Å². The van der Waals surface area contributed by atoms with Gasteiger partial charge in [0.25, 0.3) is 0 Å². The van der Waals surface area contributed by atoms with Gasteiger partial charge in [-0.05, 0) is 121 Å². The Morgan fingerprint density at radius 1 is 0.271 bits per heavy atom. The molecule has 11 aromatic carbocycles. The number of rotatable bonds is 3. The second-order valence-electron chi connectivity index (χ2n) is 11.1. The van der Waals surface area contributed by atoms with Crippen molar-refractivity contribution < 1.29 is 37.0 Å². The minimum atomic E-state index is -1.04. The highest BCUT2D eigenvalue weighted by molar-refractivity contribution is 6.27. The highest BCUT2D eigenvalue weighted by Gasteiger charge is 2.16. The maximum absolute atomic E-state index is 9.97. The van der Waals surface area contributed by atoms with Crippen LogP contribution in [0.3, 0.4) is 0 Å². The van der Waals surface area contributed by atoms with Crippen LogP contribution < -0.4 is 0 Å². The van der Waals surface area contributed by atoms with Crippen LogP contribution in [0.2, 0.25) is 0 Å². The van der Waals surface area contributed by atoms with Gasteiger partial charge in [0.05, 0.1) is 37.0 Å². The Hall–Kier alpha value is -6.24. The normalized spacial score (nSPS) is 20.0. The van der Waals surface area contributed by atoms with Crippen molar-refractivity contribution in [3.63, 3.8) is 0 Å². The molecule has 0 nitrogen and oxygen atoms in total. The molecule has 0 atom stereocenters. The van der Waals surface area contributed by atoms with Gasteiger partial charge >= 0.3 is 0 Å². The second-order valence-corrected chi connectivity index (χ2v) is 11.1. The molecular weight excluding hydrogens is 577 g/mol. The Morgan fingerprint density at radius 2 is 0.750 bits per heavy atom. The van der Waals surface area contributed by atoms with E-state index in [0.717, 1.165) is 6.07 Å². The molecule has 48 heavy (non-hydrogen) atoms. The van der Waals surface area contributed by atoms with E-state index in [4.69, 9.17) is 21.9 Å². The fourth-order valence-electron chi connectivity index (χ4n) is 6.39.